The molecule has 2 aromatic rings. The number of rotatable bonds is 8. The van der Waals surface area contributed by atoms with Gasteiger partial charge in [0, 0.05) is 45.9 Å². The van der Waals surface area contributed by atoms with Crippen molar-refractivity contribution in [2.24, 2.45) is 0 Å². The molecule has 0 aliphatic carbocycles. The van der Waals surface area contributed by atoms with Crippen LogP contribution in [0, 0.1) is 0 Å². The number of benzene rings is 2. The summed E-state index contributed by atoms with van der Waals surface area (Å²) in [5, 5.41) is 3.24. The minimum atomic E-state index is 0.00223. The Morgan fingerprint density at radius 1 is 1.04 bits per heavy atom. The van der Waals surface area contributed by atoms with Crippen molar-refractivity contribution in [2.45, 2.75) is 32.0 Å². The lowest BCUT2D eigenvalue weighted by Gasteiger charge is -2.34. The zero-order valence-electron chi connectivity index (χ0n) is 16.7. The molecule has 0 radical (unpaired) electrons. The highest BCUT2D eigenvalue weighted by Gasteiger charge is 2.23. The van der Waals surface area contributed by atoms with Gasteiger partial charge in [0.25, 0.3) is 0 Å². The van der Waals surface area contributed by atoms with Gasteiger partial charge in [0.2, 0.25) is 0 Å². The number of carbonyl (C=O) groups excluding carboxylic acids is 1. The van der Waals surface area contributed by atoms with Gasteiger partial charge < -0.3 is 15.0 Å². The monoisotopic (exact) mass is 381 g/mol. The van der Waals surface area contributed by atoms with Crippen molar-refractivity contribution < 1.29 is 9.53 Å². The Morgan fingerprint density at radius 3 is 2.25 bits per heavy atom. The molecule has 0 aromatic heterocycles. The van der Waals surface area contributed by atoms with Crippen LogP contribution in [0.2, 0.25) is 0 Å². The minimum absolute atomic E-state index is 0.00223. The number of hydrogen-bond acceptors (Lipinski definition) is 3. The number of methoxy groups -OCH3 is 1. The van der Waals surface area contributed by atoms with E-state index in [1.165, 1.54) is 5.56 Å². The quantitative estimate of drug-likeness (QED) is 0.761. The first-order chi connectivity index (χ1) is 13.7. The maximum atomic E-state index is 12.8. The first-order valence-corrected chi connectivity index (χ1v) is 10.1. The van der Waals surface area contributed by atoms with Crippen LogP contribution in [0.25, 0.3) is 0 Å². The fourth-order valence-electron chi connectivity index (χ4n) is 3.60. The maximum absolute atomic E-state index is 12.8. The van der Waals surface area contributed by atoms with Crippen molar-refractivity contribution in [1.29, 1.82) is 0 Å². The van der Waals surface area contributed by atoms with Gasteiger partial charge in [-0.3, -0.25) is 4.90 Å². The second-order valence-electron chi connectivity index (χ2n) is 7.39. The molecule has 5 nitrogen and oxygen atoms in total. The number of carbonyl (C=O) groups is 1. The average molecular weight is 382 g/mol. The van der Waals surface area contributed by atoms with E-state index < -0.39 is 0 Å². The zero-order chi connectivity index (χ0) is 19.6. The average Bonchev–Trinajstić information content (AvgIpc) is 2.74. The molecule has 0 atom stereocenters. The molecule has 150 valence electrons. The van der Waals surface area contributed by atoms with E-state index in [9.17, 15) is 4.79 Å². The highest BCUT2D eigenvalue weighted by Crippen LogP contribution is 2.14. The normalized spacial score (nSPS) is 15.3. The van der Waals surface area contributed by atoms with Gasteiger partial charge in [0.1, 0.15) is 0 Å². The third kappa shape index (κ3) is 6.36. The molecule has 1 fully saturated rings. The molecule has 3 rings (SSSR count). The van der Waals surface area contributed by atoms with E-state index in [0.29, 0.717) is 19.7 Å². The third-order valence-electron chi connectivity index (χ3n) is 5.23. The topological polar surface area (TPSA) is 44.8 Å². The summed E-state index contributed by atoms with van der Waals surface area (Å²) in [5.74, 6) is 0. The first kappa shape index (κ1) is 20.4. The lowest BCUT2D eigenvalue weighted by Crippen LogP contribution is -2.49. The second-order valence-corrected chi connectivity index (χ2v) is 7.39. The Balaban J connectivity index is 1.48. The van der Waals surface area contributed by atoms with Gasteiger partial charge in [-0.1, -0.05) is 60.7 Å². The number of ether oxygens (including phenoxy) is 1. The standard InChI is InChI=1S/C23H31N3O2/c1-28-17-16-26(19-21-10-6-3-7-11-21)23(27)24-22-12-14-25(15-13-22)18-20-8-4-2-5-9-20/h2-11,22H,12-19H2,1H3,(H,24,27). The number of urea groups is 1. The zero-order valence-corrected chi connectivity index (χ0v) is 16.7. The van der Waals surface area contributed by atoms with Crippen LogP contribution in [0.1, 0.15) is 24.0 Å². The van der Waals surface area contributed by atoms with Crippen molar-refractivity contribution in [3.8, 4) is 0 Å². The second kappa shape index (κ2) is 10.8. The number of likely N-dealkylation sites (tertiary alicyclic amines) is 1. The molecule has 0 spiro atoms. The molecule has 5 heteroatoms. The Bertz CT molecular complexity index is 700. The van der Waals surface area contributed by atoms with Crippen LogP contribution in [0.4, 0.5) is 4.79 Å². The highest BCUT2D eigenvalue weighted by atomic mass is 16.5. The lowest BCUT2D eigenvalue weighted by atomic mass is 10.0. The van der Waals surface area contributed by atoms with E-state index in [0.717, 1.165) is 38.0 Å². The Hall–Kier alpha value is -2.37. The summed E-state index contributed by atoms with van der Waals surface area (Å²) in [6.45, 7) is 4.73. The minimum Gasteiger partial charge on any atom is -0.383 e. The SMILES string of the molecule is COCCN(Cc1ccccc1)C(=O)NC1CCN(Cc2ccccc2)CC1. The van der Waals surface area contributed by atoms with Crippen molar-refractivity contribution in [1.82, 2.24) is 15.1 Å². The molecular weight excluding hydrogens is 350 g/mol. The van der Waals surface area contributed by atoms with Crippen LogP contribution < -0.4 is 5.32 Å². The smallest absolute Gasteiger partial charge is 0.317 e. The summed E-state index contributed by atoms with van der Waals surface area (Å²) in [6, 6.07) is 20.9. The molecule has 2 amide bonds. The summed E-state index contributed by atoms with van der Waals surface area (Å²) in [6.07, 6.45) is 1.98. The van der Waals surface area contributed by atoms with Crippen LogP contribution in [-0.4, -0.2) is 55.2 Å². The van der Waals surface area contributed by atoms with Gasteiger partial charge >= 0.3 is 6.03 Å². The summed E-state index contributed by atoms with van der Waals surface area (Å²) in [5.41, 5.74) is 2.48. The third-order valence-corrected chi connectivity index (χ3v) is 5.23. The van der Waals surface area contributed by atoms with E-state index in [-0.39, 0.29) is 12.1 Å². The van der Waals surface area contributed by atoms with Gasteiger partial charge in [-0.2, -0.15) is 0 Å². The number of amides is 2. The van der Waals surface area contributed by atoms with Crippen LogP contribution in [0.15, 0.2) is 60.7 Å². The molecule has 2 aromatic carbocycles. The largest absolute Gasteiger partial charge is 0.383 e. The molecule has 28 heavy (non-hydrogen) atoms. The molecule has 1 N–H and O–H groups in total. The van der Waals surface area contributed by atoms with E-state index in [1.807, 2.05) is 23.1 Å². The summed E-state index contributed by atoms with van der Waals surface area (Å²) in [7, 11) is 1.67. The van der Waals surface area contributed by atoms with Crippen molar-refractivity contribution >= 4 is 6.03 Å². The molecule has 1 aliphatic heterocycles. The lowest BCUT2D eigenvalue weighted by molar-refractivity contribution is 0.138. The van der Waals surface area contributed by atoms with Gasteiger partial charge in [0.15, 0.2) is 0 Å². The fourth-order valence-corrected chi connectivity index (χ4v) is 3.60. The molecular formula is C23H31N3O2. The van der Waals surface area contributed by atoms with Gasteiger partial charge in [-0.05, 0) is 24.0 Å². The van der Waals surface area contributed by atoms with E-state index >= 15 is 0 Å². The van der Waals surface area contributed by atoms with Gasteiger partial charge in [0.05, 0.1) is 6.61 Å². The van der Waals surface area contributed by atoms with Gasteiger partial charge in [-0.15, -0.1) is 0 Å². The van der Waals surface area contributed by atoms with E-state index in [1.54, 1.807) is 7.11 Å². The van der Waals surface area contributed by atoms with Crippen LogP contribution in [0.3, 0.4) is 0 Å². The molecule has 1 heterocycles. The number of piperidine rings is 1. The van der Waals surface area contributed by atoms with Crippen LogP contribution >= 0.6 is 0 Å². The number of nitrogens with one attached hydrogen (secondary N) is 1. The molecule has 0 unspecified atom stereocenters. The van der Waals surface area contributed by atoms with E-state index in [2.05, 4.69) is 52.7 Å². The Kier molecular flexibility index (Phi) is 7.88. The number of hydrogen-bond donors (Lipinski definition) is 1. The predicted molar refractivity (Wildman–Crippen MR) is 112 cm³/mol. The fraction of sp³-hybridized carbons (Fsp3) is 0.435. The van der Waals surface area contributed by atoms with Crippen molar-refractivity contribution in [3.05, 3.63) is 71.8 Å². The number of nitrogens with zero attached hydrogens (tertiary/aromatic N) is 2. The molecule has 0 saturated carbocycles. The predicted octanol–water partition coefficient (Wildman–Crippen LogP) is 3.51. The molecule has 0 bridgehead atoms. The maximum Gasteiger partial charge on any atom is 0.317 e. The van der Waals surface area contributed by atoms with Crippen molar-refractivity contribution in [2.75, 3.05) is 33.4 Å². The van der Waals surface area contributed by atoms with E-state index in [4.69, 9.17) is 4.74 Å². The highest BCUT2D eigenvalue weighted by molar-refractivity contribution is 5.74. The summed E-state index contributed by atoms with van der Waals surface area (Å²) in [4.78, 5) is 17.1. The van der Waals surface area contributed by atoms with Gasteiger partial charge in [-0.25, -0.2) is 4.79 Å². The molecule has 1 saturated heterocycles. The first-order valence-electron chi connectivity index (χ1n) is 10.1. The summed E-state index contributed by atoms with van der Waals surface area (Å²) < 4.78 is 5.19. The van der Waals surface area contributed by atoms with Crippen LogP contribution in [-0.2, 0) is 17.8 Å². The van der Waals surface area contributed by atoms with Crippen LogP contribution in [0.5, 0.6) is 0 Å². The Labute approximate surface area is 168 Å². The summed E-state index contributed by atoms with van der Waals surface area (Å²) >= 11 is 0. The Morgan fingerprint density at radius 2 is 1.64 bits per heavy atom. The molecule has 1 aliphatic rings. The van der Waals surface area contributed by atoms with Crippen molar-refractivity contribution in [3.63, 3.8) is 0 Å².